The summed E-state index contributed by atoms with van der Waals surface area (Å²) >= 11 is 0. The molecule has 2 amide bonds. The van der Waals surface area contributed by atoms with Crippen LogP contribution >= 0.6 is 0 Å². The van der Waals surface area contributed by atoms with E-state index in [-0.39, 0.29) is 12.1 Å². The molecule has 2 heterocycles. The van der Waals surface area contributed by atoms with Crippen LogP contribution in [0.1, 0.15) is 35.4 Å². The van der Waals surface area contributed by atoms with Gasteiger partial charge in [-0.05, 0) is 39.2 Å². The van der Waals surface area contributed by atoms with E-state index in [1.807, 2.05) is 18.5 Å². The van der Waals surface area contributed by atoms with Gasteiger partial charge in [0.1, 0.15) is 0 Å². The fourth-order valence-electron chi connectivity index (χ4n) is 3.07. The maximum atomic E-state index is 12.2. The number of aryl methyl sites for hydroxylation is 2. The highest BCUT2D eigenvalue weighted by atomic mass is 16.5. The average molecular weight is 342 g/mol. The molecular formula is C19H26N4O2. The van der Waals surface area contributed by atoms with Gasteiger partial charge >= 0.3 is 6.03 Å². The number of nitrogens with one attached hydrogen (secondary N) is 2. The van der Waals surface area contributed by atoms with Gasteiger partial charge in [-0.3, -0.25) is 4.68 Å². The van der Waals surface area contributed by atoms with Gasteiger partial charge in [-0.1, -0.05) is 29.8 Å². The van der Waals surface area contributed by atoms with E-state index in [4.69, 9.17) is 4.74 Å². The number of amides is 2. The minimum Gasteiger partial charge on any atom is -0.376 e. The van der Waals surface area contributed by atoms with Crippen LogP contribution < -0.4 is 10.6 Å². The summed E-state index contributed by atoms with van der Waals surface area (Å²) in [6, 6.07) is 8.19. The summed E-state index contributed by atoms with van der Waals surface area (Å²) in [6.07, 6.45) is 2.21. The fourth-order valence-corrected chi connectivity index (χ4v) is 3.07. The SMILES string of the molecule is Cc1ccc(Cn2nc(C)c(NC(=O)NC[C@@H]3CCCO3)c2C)cc1. The van der Waals surface area contributed by atoms with Crippen LogP contribution in [0.5, 0.6) is 0 Å². The lowest BCUT2D eigenvalue weighted by Crippen LogP contribution is -2.35. The van der Waals surface area contributed by atoms with Gasteiger partial charge in [0.2, 0.25) is 0 Å². The topological polar surface area (TPSA) is 68.2 Å². The average Bonchev–Trinajstić information content (AvgIpc) is 3.19. The van der Waals surface area contributed by atoms with Crippen LogP contribution in [0.15, 0.2) is 24.3 Å². The number of rotatable bonds is 5. The first-order valence-electron chi connectivity index (χ1n) is 8.79. The molecule has 134 valence electrons. The molecule has 0 radical (unpaired) electrons. The number of aromatic nitrogens is 2. The largest absolute Gasteiger partial charge is 0.376 e. The van der Waals surface area contributed by atoms with Gasteiger partial charge in [0.15, 0.2) is 0 Å². The van der Waals surface area contributed by atoms with Gasteiger partial charge in [-0.2, -0.15) is 5.10 Å². The van der Waals surface area contributed by atoms with Crippen LogP contribution in [0.4, 0.5) is 10.5 Å². The van der Waals surface area contributed by atoms with Gasteiger partial charge in [0.25, 0.3) is 0 Å². The van der Waals surface area contributed by atoms with Crippen LogP contribution in [0.25, 0.3) is 0 Å². The van der Waals surface area contributed by atoms with E-state index in [0.717, 1.165) is 36.5 Å². The fraction of sp³-hybridized carbons (Fsp3) is 0.474. The molecule has 1 aromatic heterocycles. The lowest BCUT2D eigenvalue weighted by atomic mass is 10.1. The van der Waals surface area contributed by atoms with Crippen molar-refractivity contribution in [3.8, 4) is 0 Å². The Balaban J connectivity index is 1.62. The zero-order valence-corrected chi connectivity index (χ0v) is 15.1. The minimum absolute atomic E-state index is 0.136. The Labute approximate surface area is 148 Å². The standard InChI is InChI=1S/C19H26N4O2/c1-13-6-8-16(9-7-13)12-23-15(3)18(14(2)22-23)21-19(24)20-11-17-5-4-10-25-17/h6-9,17H,4-5,10-12H2,1-3H3,(H2,20,21,24)/t17-/m0/s1. The van der Waals surface area contributed by atoms with Crippen molar-refractivity contribution in [2.45, 2.75) is 46.3 Å². The molecule has 25 heavy (non-hydrogen) atoms. The molecule has 1 aliphatic rings. The number of benzene rings is 1. The third-order valence-electron chi connectivity index (χ3n) is 4.59. The molecule has 0 bridgehead atoms. The van der Waals surface area contributed by atoms with Crippen molar-refractivity contribution in [3.05, 3.63) is 46.8 Å². The molecule has 1 fully saturated rings. The first-order chi connectivity index (χ1) is 12.0. The Bertz CT molecular complexity index is 731. The smallest absolute Gasteiger partial charge is 0.319 e. The van der Waals surface area contributed by atoms with E-state index in [0.29, 0.717) is 13.1 Å². The van der Waals surface area contributed by atoms with Crippen molar-refractivity contribution >= 4 is 11.7 Å². The predicted octanol–water partition coefficient (Wildman–Crippen LogP) is 3.16. The van der Waals surface area contributed by atoms with E-state index >= 15 is 0 Å². The highest BCUT2D eigenvalue weighted by Crippen LogP contribution is 2.20. The van der Waals surface area contributed by atoms with Gasteiger partial charge in [-0.15, -0.1) is 0 Å². The number of carbonyl (C=O) groups is 1. The van der Waals surface area contributed by atoms with Crippen molar-refractivity contribution in [2.75, 3.05) is 18.5 Å². The summed E-state index contributed by atoms with van der Waals surface area (Å²) in [7, 11) is 0. The molecule has 6 nitrogen and oxygen atoms in total. The molecule has 1 atom stereocenters. The van der Waals surface area contributed by atoms with E-state index in [9.17, 15) is 4.79 Å². The molecule has 2 aromatic rings. The highest BCUT2D eigenvalue weighted by Gasteiger charge is 2.18. The van der Waals surface area contributed by atoms with E-state index in [2.05, 4.69) is 46.9 Å². The quantitative estimate of drug-likeness (QED) is 0.877. The van der Waals surface area contributed by atoms with Crippen LogP contribution in [-0.2, 0) is 11.3 Å². The number of urea groups is 1. The van der Waals surface area contributed by atoms with Gasteiger partial charge in [0.05, 0.1) is 29.7 Å². The molecule has 0 saturated carbocycles. The normalized spacial score (nSPS) is 16.8. The first-order valence-corrected chi connectivity index (χ1v) is 8.79. The molecule has 0 aliphatic carbocycles. The molecule has 0 unspecified atom stereocenters. The molecule has 6 heteroatoms. The minimum atomic E-state index is -0.211. The maximum Gasteiger partial charge on any atom is 0.319 e. The molecule has 1 aromatic carbocycles. The zero-order chi connectivity index (χ0) is 17.8. The monoisotopic (exact) mass is 342 g/mol. The van der Waals surface area contributed by atoms with Crippen molar-refractivity contribution in [1.82, 2.24) is 15.1 Å². The third-order valence-corrected chi connectivity index (χ3v) is 4.59. The second kappa shape index (κ2) is 7.70. The number of anilines is 1. The Morgan fingerprint density at radius 3 is 2.72 bits per heavy atom. The Morgan fingerprint density at radius 1 is 1.28 bits per heavy atom. The lowest BCUT2D eigenvalue weighted by Gasteiger charge is -2.12. The lowest BCUT2D eigenvalue weighted by molar-refractivity contribution is 0.112. The van der Waals surface area contributed by atoms with Gasteiger partial charge < -0.3 is 15.4 Å². The van der Waals surface area contributed by atoms with Crippen LogP contribution in [0.3, 0.4) is 0 Å². The van der Waals surface area contributed by atoms with Crippen LogP contribution in [-0.4, -0.2) is 35.1 Å². The highest BCUT2D eigenvalue weighted by molar-refractivity contribution is 5.90. The Hall–Kier alpha value is -2.34. The number of ether oxygens (including phenoxy) is 1. The second-order valence-corrected chi connectivity index (χ2v) is 6.66. The van der Waals surface area contributed by atoms with Crippen molar-refractivity contribution in [2.24, 2.45) is 0 Å². The van der Waals surface area contributed by atoms with Crippen molar-refractivity contribution < 1.29 is 9.53 Å². The molecule has 3 rings (SSSR count). The Kier molecular flexibility index (Phi) is 5.38. The van der Waals surface area contributed by atoms with Crippen molar-refractivity contribution in [3.63, 3.8) is 0 Å². The van der Waals surface area contributed by atoms with Gasteiger partial charge in [-0.25, -0.2) is 4.79 Å². The number of carbonyl (C=O) groups excluding carboxylic acids is 1. The summed E-state index contributed by atoms with van der Waals surface area (Å²) in [4.78, 5) is 12.2. The summed E-state index contributed by atoms with van der Waals surface area (Å²) in [5, 5.41) is 10.4. The number of hydrogen-bond donors (Lipinski definition) is 2. The summed E-state index contributed by atoms with van der Waals surface area (Å²) in [6.45, 7) is 7.98. The first kappa shape index (κ1) is 17.5. The summed E-state index contributed by atoms with van der Waals surface area (Å²) < 4.78 is 7.45. The number of hydrogen-bond acceptors (Lipinski definition) is 3. The maximum absolute atomic E-state index is 12.2. The molecule has 2 N–H and O–H groups in total. The molecule has 0 spiro atoms. The third kappa shape index (κ3) is 4.39. The predicted molar refractivity (Wildman–Crippen MR) is 98.0 cm³/mol. The van der Waals surface area contributed by atoms with E-state index in [1.165, 1.54) is 11.1 Å². The van der Waals surface area contributed by atoms with E-state index < -0.39 is 0 Å². The Morgan fingerprint density at radius 2 is 2.04 bits per heavy atom. The zero-order valence-electron chi connectivity index (χ0n) is 15.1. The number of nitrogens with zero attached hydrogens (tertiary/aromatic N) is 2. The summed E-state index contributed by atoms with van der Waals surface area (Å²) in [5.74, 6) is 0. The van der Waals surface area contributed by atoms with Crippen LogP contribution in [0, 0.1) is 20.8 Å². The van der Waals surface area contributed by atoms with Crippen LogP contribution in [0.2, 0.25) is 0 Å². The van der Waals surface area contributed by atoms with Crippen molar-refractivity contribution in [1.29, 1.82) is 0 Å². The molecule has 1 saturated heterocycles. The second-order valence-electron chi connectivity index (χ2n) is 6.66. The molecular weight excluding hydrogens is 316 g/mol. The van der Waals surface area contributed by atoms with E-state index in [1.54, 1.807) is 0 Å². The summed E-state index contributed by atoms with van der Waals surface area (Å²) in [5.41, 5.74) is 4.96. The molecule has 1 aliphatic heterocycles. The van der Waals surface area contributed by atoms with Gasteiger partial charge in [0, 0.05) is 13.2 Å².